The molecular formula is C18H15F2N3O2S. The fourth-order valence-electron chi connectivity index (χ4n) is 2.39. The number of halogens is 2. The lowest BCUT2D eigenvalue weighted by atomic mass is 10.2. The lowest BCUT2D eigenvalue weighted by Gasteiger charge is -2.10. The molecule has 0 aliphatic carbocycles. The minimum absolute atomic E-state index is 0.103. The molecule has 2 aromatic carbocycles. The van der Waals surface area contributed by atoms with Crippen LogP contribution in [0.25, 0.3) is 10.2 Å². The molecule has 2 N–H and O–H groups in total. The third-order valence-corrected chi connectivity index (χ3v) is 4.64. The number of hydrogen-bond acceptors (Lipinski definition) is 4. The van der Waals surface area contributed by atoms with Gasteiger partial charge < -0.3 is 10.6 Å². The number of hydrogen-bond donors (Lipinski definition) is 2. The Hall–Kier alpha value is -2.87. The fourth-order valence-corrected chi connectivity index (χ4v) is 3.36. The molecule has 0 radical (unpaired) electrons. The number of thiazole rings is 1. The SMILES string of the molecule is CC(=O)Nc1cc(NC(=O)CCc2nc3ccccc3s2)c(F)cc1F. The Morgan fingerprint density at radius 3 is 2.46 bits per heavy atom. The second-order valence-corrected chi connectivity index (χ2v) is 6.73. The average Bonchev–Trinajstić information content (AvgIpc) is 3.00. The molecule has 2 amide bonds. The summed E-state index contributed by atoms with van der Waals surface area (Å²) >= 11 is 1.50. The number of fused-ring (bicyclic) bond motifs is 1. The summed E-state index contributed by atoms with van der Waals surface area (Å²) in [6, 6.07) is 9.33. The van der Waals surface area contributed by atoms with Gasteiger partial charge in [0.05, 0.1) is 26.6 Å². The number of aryl methyl sites for hydroxylation is 1. The summed E-state index contributed by atoms with van der Waals surface area (Å²) in [5, 5.41) is 5.45. The normalized spacial score (nSPS) is 10.7. The summed E-state index contributed by atoms with van der Waals surface area (Å²) in [4.78, 5) is 27.6. The first kappa shape index (κ1) is 17.9. The molecule has 8 heteroatoms. The second-order valence-electron chi connectivity index (χ2n) is 5.62. The Morgan fingerprint density at radius 2 is 1.77 bits per heavy atom. The zero-order valence-electron chi connectivity index (χ0n) is 13.8. The van der Waals surface area contributed by atoms with E-state index in [1.54, 1.807) is 0 Å². The van der Waals surface area contributed by atoms with Crippen LogP contribution in [0.1, 0.15) is 18.4 Å². The molecule has 0 saturated heterocycles. The van der Waals surface area contributed by atoms with Crippen LogP contribution in [0, 0.1) is 11.6 Å². The number of nitrogens with zero attached hydrogens (tertiary/aromatic N) is 1. The Bertz CT molecular complexity index is 955. The van der Waals surface area contributed by atoms with Crippen molar-refractivity contribution in [1.82, 2.24) is 4.98 Å². The monoisotopic (exact) mass is 375 g/mol. The first-order valence-electron chi connectivity index (χ1n) is 7.83. The molecule has 0 spiro atoms. The number of anilines is 2. The number of carbonyl (C=O) groups is 2. The molecule has 134 valence electrons. The third-order valence-electron chi connectivity index (χ3n) is 3.55. The smallest absolute Gasteiger partial charge is 0.224 e. The highest BCUT2D eigenvalue weighted by molar-refractivity contribution is 7.18. The molecule has 3 rings (SSSR count). The molecule has 3 aromatic rings. The van der Waals surface area contributed by atoms with Crippen LogP contribution in [0.2, 0.25) is 0 Å². The van der Waals surface area contributed by atoms with Crippen molar-refractivity contribution in [3.8, 4) is 0 Å². The molecule has 0 saturated carbocycles. The van der Waals surface area contributed by atoms with Crippen molar-refractivity contribution in [2.24, 2.45) is 0 Å². The van der Waals surface area contributed by atoms with E-state index in [9.17, 15) is 18.4 Å². The van der Waals surface area contributed by atoms with E-state index in [0.717, 1.165) is 21.3 Å². The van der Waals surface area contributed by atoms with Crippen LogP contribution in [0.5, 0.6) is 0 Å². The Balaban J connectivity index is 1.66. The van der Waals surface area contributed by atoms with Gasteiger partial charge in [0.25, 0.3) is 0 Å². The first-order valence-corrected chi connectivity index (χ1v) is 8.65. The summed E-state index contributed by atoms with van der Waals surface area (Å²) in [5.74, 6) is -2.75. The second kappa shape index (κ2) is 7.57. The van der Waals surface area contributed by atoms with Gasteiger partial charge in [-0.2, -0.15) is 0 Å². The number of carbonyl (C=O) groups excluding carboxylic acids is 2. The van der Waals surface area contributed by atoms with Gasteiger partial charge in [-0.05, 0) is 18.2 Å². The molecule has 0 fully saturated rings. The highest BCUT2D eigenvalue weighted by Crippen LogP contribution is 2.25. The van der Waals surface area contributed by atoms with E-state index < -0.39 is 23.4 Å². The number of nitrogens with one attached hydrogen (secondary N) is 2. The minimum atomic E-state index is -0.912. The maximum absolute atomic E-state index is 13.9. The summed E-state index contributed by atoms with van der Waals surface area (Å²) in [6.45, 7) is 1.21. The first-order chi connectivity index (χ1) is 12.4. The summed E-state index contributed by atoms with van der Waals surface area (Å²) in [6.07, 6.45) is 0.513. The van der Waals surface area contributed by atoms with Crippen molar-refractivity contribution in [3.05, 3.63) is 53.0 Å². The largest absolute Gasteiger partial charge is 0.324 e. The van der Waals surface area contributed by atoms with Crippen LogP contribution in [0.4, 0.5) is 20.2 Å². The molecule has 0 aliphatic rings. The summed E-state index contributed by atoms with van der Waals surface area (Å²) in [5.41, 5.74) is 0.488. The van der Waals surface area contributed by atoms with E-state index >= 15 is 0 Å². The number of rotatable bonds is 5. The predicted octanol–water partition coefficient (Wildman–Crippen LogP) is 4.10. The highest BCUT2D eigenvalue weighted by Gasteiger charge is 2.14. The molecule has 26 heavy (non-hydrogen) atoms. The van der Waals surface area contributed by atoms with Crippen LogP contribution in [-0.2, 0) is 16.0 Å². The van der Waals surface area contributed by atoms with Crippen molar-refractivity contribution >= 4 is 44.7 Å². The summed E-state index contributed by atoms with van der Waals surface area (Å²) in [7, 11) is 0. The van der Waals surface area contributed by atoms with Gasteiger partial charge in [0, 0.05) is 25.8 Å². The van der Waals surface area contributed by atoms with Crippen molar-refractivity contribution in [2.75, 3.05) is 10.6 Å². The van der Waals surface area contributed by atoms with Gasteiger partial charge in [0.15, 0.2) is 0 Å². The maximum Gasteiger partial charge on any atom is 0.224 e. The lowest BCUT2D eigenvalue weighted by molar-refractivity contribution is -0.116. The van der Waals surface area contributed by atoms with E-state index in [1.807, 2.05) is 24.3 Å². The van der Waals surface area contributed by atoms with Crippen molar-refractivity contribution in [3.63, 3.8) is 0 Å². The van der Waals surface area contributed by atoms with Gasteiger partial charge in [0.2, 0.25) is 11.8 Å². The van der Waals surface area contributed by atoms with E-state index in [1.165, 1.54) is 18.3 Å². The number of benzene rings is 2. The quantitative estimate of drug-likeness (QED) is 0.705. The average molecular weight is 375 g/mol. The van der Waals surface area contributed by atoms with Crippen LogP contribution < -0.4 is 10.6 Å². The molecule has 0 aliphatic heterocycles. The minimum Gasteiger partial charge on any atom is -0.324 e. The van der Waals surface area contributed by atoms with Crippen molar-refractivity contribution in [1.29, 1.82) is 0 Å². The molecule has 1 heterocycles. The van der Waals surface area contributed by atoms with Crippen LogP contribution in [0.3, 0.4) is 0 Å². The van der Waals surface area contributed by atoms with Gasteiger partial charge in [-0.25, -0.2) is 13.8 Å². The fraction of sp³-hybridized carbons (Fsp3) is 0.167. The van der Waals surface area contributed by atoms with Crippen molar-refractivity contribution < 1.29 is 18.4 Å². The third kappa shape index (κ3) is 4.20. The zero-order chi connectivity index (χ0) is 18.7. The van der Waals surface area contributed by atoms with E-state index in [-0.39, 0.29) is 17.8 Å². The van der Waals surface area contributed by atoms with Gasteiger partial charge in [-0.1, -0.05) is 12.1 Å². The van der Waals surface area contributed by atoms with Crippen LogP contribution in [-0.4, -0.2) is 16.8 Å². The predicted molar refractivity (Wildman–Crippen MR) is 97.2 cm³/mol. The number of aromatic nitrogens is 1. The highest BCUT2D eigenvalue weighted by atomic mass is 32.1. The Kier molecular flexibility index (Phi) is 5.22. The van der Waals surface area contributed by atoms with Gasteiger partial charge >= 0.3 is 0 Å². The topological polar surface area (TPSA) is 71.1 Å². The standard InChI is InChI=1S/C18H15F2N3O2S/c1-10(24)21-14-9-15(12(20)8-11(14)19)22-17(25)6-7-18-23-13-4-2-3-5-16(13)26-18/h2-5,8-9H,6-7H2,1H3,(H,21,24)(H,22,25). The van der Waals surface area contributed by atoms with E-state index in [4.69, 9.17) is 0 Å². The molecule has 5 nitrogen and oxygen atoms in total. The molecule has 0 unspecified atom stereocenters. The molecule has 1 aromatic heterocycles. The van der Waals surface area contributed by atoms with Gasteiger partial charge in [-0.15, -0.1) is 11.3 Å². The Labute approximate surface area is 152 Å². The molecular weight excluding hydrogens is 360 g/mol. The van der Waals surface area contributed by atoms with Gasteiger partial charge in [0.1, 0.15) is 11.6 Å². The van der Waals surface area contributed by atoms with Crippen LogP contribution >= 0.6 is 11.3 Å². The van der Waals surface area contributed by atoms with E-state index in [2.05, 4.69) is 15.6 Å². The molecule has 0 atom stereocenters. The summed E-state index contributed by atoms with van der Waals surface area (Å²) < 4.78 is 28.5. The lowest BCUT2D eigenvalue weighted by Crippen LogP contribution is -2.15. The number of amides is 2. The zero-order valence-corrected chi connectivity index (χ0v) is 14.6. The van der Waals surface area contributed by atoms with Crippen LogP contribution in [0.15, 0.2) is 36.4 Å². The maximum atomic E-state index is 13.9. The van der Waals surface area contributed by atoms with Gasteiger partial charge in [-0.3, -0.25) is 9.59 Å². The van der Waals surface area contributed by atoms with E-state index in [0.29, 0.717) is 12.5 Å². The number of para-hydroxylation sites is 1. The Morgan fingerprint density at radius 1 is 1.08 bits per heavy atom. The molecule has 0 bridgehead atoms. The van der Waals surface area contributed by atoms with Crippen molar-refractivity contribution in [2.45, 2.75) is 19.8 Å².